The van der Waals surface area contributed by atoms with E-state index in [-0.39, 0.29) is 24.2 Å². The van der Waals surface area contributed by atoms with Gasteiger partial charge in [0.05, 0.1) is 6.67 Å². The average Bonchev–Trinajstić information content (AvgIpc) is 2.41. The Morgan fingerprint density at radius 1 is 1.40 bits per heavy atom. The number of piperazine rings is 1. The number of rotatable bonds is 4. The highest BCUT2D eigenvalue weighted by atomic mass is 35.5. The standard InChI is InChI=1S/C14H20ClFN2O.ClH/c1-10-8-11(15)9-12(14(10)19)13(2-3-16)18-6-4-17-5-7-18;/h8-9,13,17,19H,2-7H2,1H3;1H/t13-;/m0./s1. The molecule has 0 unspecified atom stereocenters. The second kappa shape index (κ2) is 8.03. The van der Waals surface area contributed by atoms with Gasteiger partial charge in [0.1, 0.15) is 5.75 Å². The van der Waals surface area contributed by atoms with Crippen LogP contribution >= 0.6 is 24.0 Å². The molecule has 1 atom stereocenters. The number of aromatic hydroxyl groups is 1. The predicted octanol–water partition coefficient (Wildman–Crippen LogP) is 3.08. The van der Waals surface area contributed by atoms with Crippen LogP contribution in [-0.2, 0) is 0 Å². The molecule has 2 N–H and O–H groups in total. The van der Waals surface area contributed by atoms with E-state index in [9.17, 15) is 9.50 Å². The number of halogens is 3. The van der Waals surface area contributed by atoms with E-state index in [0.29, 0.717) is 11.4 Å². The van der Waals surface area contributed by atoms with Gasteiger partial charge in [-0.3, -0.25) is 9.29 Å². The number of benzene rings is 1. The maximum atomic E-state index is 12.9. The van der Waals surface area contributed by atoms with Crippen LogP contribution in [-0.4, -0.2) is 42.9 Å². The summed E-state index contributed by atoms with van der Waals surface area (Å²) in [4.78, 5) is 2.21. The first-order valence-corrected chi connectivity index (χ1v) is 7.01. The van der Waals surface area contributed by atoms with Crippen molar-refractivity contribution in [3.05, 3.63) is 28.3 Å². The highest BCUT2D eigenvalue weighted by Gasteiger charge is 2.25. The van der Waals surface area contributed by atoms with Crippen LogP contribution in [0.4, 0.5) is 4.39 Å². The molecule has 0 bridgehead atoms. The lowest BCUT2D eigenvalue weighted by Gasteiger charge is -2.35. The van der Waals surface area contributed by atoms with E-state index in [1.807, 2.05) is 6.92 Å². The van der Waals surface area contributed by atoms with E-state index in [4.69, 9.17) is 11.6 Å². The number of phenolic OH excluding ortho intramolecular Hbond substituents is 1. The lowest BCUT2D eigenvalue weighted by molar-refractivity contribution is 0.155. The molecule has 0 spiro atoms. The Hall–Kier alpha value is -0.550. The minimum atomic E-state index is -0.403. The summed E-state index contributed by atoms with van der Waals surface area (Å²) in [5, 5.41) is 14.1. The fourth-order valence-electron chi connectivity index (χ4n) is 2.65. The van der Waals surface area contributed by atoms with Gasteiger partial charge in [-0.15, -0.1) is 12.4 Å². The smallest absolute Gasteiger partial charge is 0.123 e. The van der Waals surface area contributed by atoms with Crippen molar-refractivity contribution in [3.8, 4) is 5.75 Å². The third kappa shape index (κ3) is 3.98. The molecular weight excluding hydrogens is 302 g/mol. The highest BCUT2D eigenvalue weighted by Crippen LogP contribution is 2.36. The maximum Gasteiger partial charge on any atom is 0.123 e. The Labute approximate surface area is 130 Å². The van der Waals surface area contributed by atoms with Crippen molar-refractivity contribution in [1.29, 1.82) is 0 Å². The van der Waals surface area contributed by atoms with Crippen LogP contribution in [0.3, 0.4) is 0 Å². The first-order valence-electron chi connectivity index (χ1n) is 6.63. The minimum Gasteiger partial charge on any atom is -0.507 e. The van der Waals surface area contributed by atoms with Gasteiger partial charge in [0.25, 0.3) is 0 Å². The van der Waals surface area contributed by atoms with Crippen molar-refractivity contribution in [2.45, 2.75) is 19.4 Å². The molecule has 20 heavy (non-hydrogen) atoms. The van der Waals surface area contributed by atoms with E-state index >= 15 is 0 Å². The zero-order valence-corrected chi connectivity index (χ0v) is 13.1. The molecule has 0 aromatic heterocycles. The Bertz CT molecular complexity index is 439. The zero-order chi connectivity index (χ0) is 13.8. The molecule has 0 aliphatic carbocycles. The number of hydrogen-bond acceptors (Lipinski definition) is 3. The van der Waals surface area contributed by atoms with Gasteiger partial charge in [-0.05, 0) is 31.0 Å². The number of phenols is 1. The third-order valence-electron chi connectivity index (χ3n) is 3.63. The van der Waals surface area contributed by atoms with Crippen LogP contribution in [0.25, 0.3) is 0 Å². The fraction of sp³-hybridized carbons (Fsp3) is 0.571. The number of hydrogen-bond donors (Lipinski definition) is 2. The minimum absolute atomic E-state index is 0. The summed E-state index contributed by atoms with van der Waals surface area (Å²) in [7, 11) is 0. The first-order chi connectivity index (χ1) is 9.13. The van der Waals surface area contributed by atoms with E-state index in [2.05, 4.69) is 10.2 Å². The van der Waals surface area contributed by atoms with Gasteiger partial charge < -0.3 is 10.4 Å². The Morgan fingerprint density at radius 2 is 2.05 bits per heavy atom. The molecule has 1 aromatic rings. The molecule has 6 heteroatoms. The second-order valence-corrected chi connectivity index (χ2v) is 5.38. The molecule has 1 heterocycles. The molecule has 1 aromatic carbocycles. The zero-order valence-electron chi connectivity index (χ0n) is 11.5. The third-order valence-corrected chi connectivity index (χ3v) is 3.85. The Balaban J connectivity index is 0.00000200. The summed E-state index contributed by atoms with van der Waals surface area (Å²) >= 11 is 6.07. The van der Waals surface area contributed by atoms with Crippen molar-refractivity contribution in [1.82, 2.24) is 10.2 Å². The summed E-state index contributed by atoms with van der Waals surface area (Å²) in [5.74, 6) is 0.237. The second-order valence-electron chi connectivity index (χ2n) is 4.94. The normalized spacial score (nSPS) is 17.6. The molecule has 1 fully saturated rings. The van der Waals surface area contributed by atoms with Gasteiger partial charge in [-0.1, -0.05) is 11.6 Å². The van der Waals surface area contributed by atoms with Crippen LogP contribution in [0.2, 0.25) is 5.02 Å². The van der Waals surface area contributed by atoms with Crippen LogP contribution in [0.1, 0.15) is 23.6 Å². The lowest BCUT2D eigenvalue weighted by atomic mass is 9.98. The summed E-state index contributed by atoms with van der Waals surface area (Å²) < 4.78 is 12.9. The van der Waals surface area contributed by atoms with Crippen LogP contribution in [0.5, 0.6) is 5.75 Å². The summed E-state index contributed by atoms with van der Waals surface area (Å²) in [6.07, 6.45) is 0.382. The SMILES string of the molecule is Cc1cc(Cl)cc([C@H](CCF)N2CCNCC2)c1O.Cl. The number of aryl methyl sites for hydroxylation is 1. The molecule has 0 saturated carbocycles. The van der Waals surface area contributed by atoms with Gasteiger partial charge in [-0.25, -0.2) is 0 Å². The molecule has 0 amide bonds. The largest absolute Gasteiger partial charge is 0.507 e. The molecule has 3 nitrogen and oxygen atoms in total. The Kier molecular flexibility index (Phi) is 7.03. The van der Waals surface area contributed by atoms with Gasteiger partial charge in [0.2, 0.25) is 0 Å². The first kappa shape index (κ1) is 17.5. The summed E-state index contributed by atoms with van der Waals surface area (Å²) in [6, 6.07) is 3.38. The van der Waals surface area contributed by atoms with Crippen molar-refractivity contribution in [2.75, 3.05) is 32.9 Å². The lowest BCUT2D eigenvalue weighted by Crippen LogP contribution is -2.45. The molecule has 114 valence electrons. The molecule has 2 rings (SSSR count). The van der Waals surface area contributed by atoms with Crippen molar-refractivity contribution >= 4 is 24.0 Å². The summed E-state index contributed by atoms with van der Waals surface area (Å²) in [6.45, 7) is 4.91. The van der Waals surface area contributed by atoms with Gasteiger partial charge in [-0.2, -0.15) is 0 Å². The van der Waals surface area contributed by atoms with E-state index < -0.39 is 6.67 Å². The van der Waals surface area contributed by atoms with E-state index in [0.717, 1.165) is 37.3 Å². The summed E-state index contributed by atoms with van der Waals surface area (Å²) in [5.41, 5.74) is 1.48. The average molecular weight is 323 g/mol. The van der Waals surface area contributed by atoms with E-state index in [1.54, 1.807) is 12.1 Å². The van der Waals surface area contributed by atoms with Gasteiger partial charge in [0, 0.05) is 42.8 Å². The highest BCUT2D eigenvalue weighted by molar-refractivity contribution is 6.30. The van der Waals surface area contributed by atoms with E-state index in [1.165, 1.54) is 0 Å². The molecule has 1 aliphatic rings. The predicted molar refractivity (Wildman–Crippen MR) is 82.9 cm³/mol. The number of alkyl halides is 1. The van der Waals surface area contributed by atoms with Crippen molar-refractivity contribution in [3.63, 3.8) is 0 Å². The van der Waals surface area contributed by atoms with Crippen LogP contribution in [0.15, 0.2) is 12.1 Å². The van der Waals surface area contributed by atoms with Gasteiger partial charge in [0.15, 0.2) is 0 Å². The molecule has 0 radical (unpaired) electrons. The topological polar surface area (TPSA) is 35.5 Å². The Morgan fingerprint density at radius 3 is 2.65 bits per heavy atom. The van der Waals surface area contributed by atoms with Crippen molar-refractivity contribution in [2.24, 2.45) is 0 Å². The number of nitrogens with one attached hydrogen (secondary N) is 1. The van der Waals surface area contributed by atoms with Crippen molar-refractivity contribution < 1.29 is 9.50 Å². The van der Waals surface area contributed by atoms with Crippen LogP contribution in [0, 0.1) is 6.92 Å². The van der Waals surface area contributed by atoms with Crippen LogP contribution < -0.4 is 5.32 Å². The quantitative estimate of drug-likeness (QED) is 0.894. The molecule has 1 saturated heterocycles. The van der Waals surface area contributed by atoms with Gasteiger partial charge >= 0.3 is 0 Å². The number of nitrogens with zero attached hydrogens (tertiary/aromatic N) is 1. The maximum absolute atomic E-state index is 12.9. The fourth-order valence-corrected chi connectivity index (χ4v) is 2.93. The molecular formula is C14H21Cl2FN2O. The molecule has 1 aliphatic heterocycles. The monoisotopic (exact) mass is 322 g/mol.